The summed E-state index contributed by atoms with van der Waals surface area (Å²) >= 11 is 0. The van der Waals surface area contributed by atoms with Crippen LogP contribution in [0.15, 0.2) is 12.2 Å². The number of allylic oxidation sites excluding steroid dienone is 2. The Balaban J connectivity index is 1.86. The van der Waals surface area contributed by atoms with Gasteiger partial charge >= 0.3 is 0 Å². The predicted octanol–water partition coefficient (Wildman–Crippen LogP) is -0.155. The summed E-state index contributed by atoms with van der Waals surface area (Å²) in [6.07, 6.45) is 6.83. The minimum atomic E-state index is -0.280. The van der Waals surface area contributed by atoms with Gasteiger partial charge in [-0.2, -0.15) is 0 Å². The lowest BCUT2D eigenvalue weighted by atomic mass is 9.93. The number of hydrogen-bond donors (Lipinski definition) is 3. The summed E-state index contributed by atoms with van der Waals surface area (Å²) in [5, 5.41) is 19.1. The lowest BCUT2D eigenvalue weighted by Gasteiger charge is -2.27. The van der Waals surface area contributed by atoms with E-state index in [0.717, 1.165) is 37.4 Å². The summed E-state index contributed by atoms with van der Waals surface area (Å²) in [6, 6.07) is 0. The van der Waals surface area contributed by atoms with Crippen LogP contribution in [0.2, 0.25) is 0 Å². The second kappa shape index (κ2) is 5.51. The molecule has 0 saturated heterocycles. The Bertz CT molecular complexity index is 265. The normalized spacial score (nSPS) is 34.5. The third kappa shape index (κ3) is 3.54. The number of fused-ring (bicyclic) bond motifs is 2. The van der Waals surface area contributed by atoms with E-state index in [1.807, 2.05) is 13.8 Å². The minimum absolute atomic E-state index is 0.280. The Morgan fingerprint density at radius 2 is 1.76 bits per heavy atom. The summed E-state index contributed by atoms with van der Waals surface area (Å²) in [4.78, 5) is 1.35. The summed E-state index contributed by atoms with van der Waals surface area (Å²) < 4.78 is 0. The van der Waals surface area contributed by atoms with E-state index >= 15 is 0 Å². The highest BCUT2D eigenvalue weighted by Crippen LogP contribution is 2.42. The second-order valence-electron chi connectivity index (χ2n) is 6.10. The highest BCUT2D eigenvalue weighted by atomic mass is 16.3. The van der Waals surface area contributed by atoms with Gasteiger partial charge in [-0.25, -0.2) is 0 Å². The van der Waals surface area contributed by atoms with Gasteiger partial charge in [-0.15, -0.1) is 0 Å². The van der Waals surface area contributed by atoms with Gasteiger partial charge in [0.2, 0.25) is 0 Å². The Morgan fingerprint density at radius 1 is 1.12 bits per heavy atom. The van der Waals surface area contributed by atoms with Gasteiger partial charge in [0.25, 0.3) is 0 Å². The number of rotatable bonds is 6. The van der Waals surface area contributed by atoms with Crippen LogP contribution in [0.25, 0.3) is 0 Å². The molecule has 98 valence electrons. The van der Waals surface area contributed by atoms with Crippen LogP contribution in [-0.4, -0.2) is 42.1 Å². The average Bonchev–Trinajstić information content (AvgIpc) is 2.76. The molecule has 3 N–H and O–H groups in total. The molecule has 0 aromatic heterocycles. The first-order chi connectivity index (χ1) is 8.04. The van der Waals surface area contributed by atoms with Crippen molar-refractivity contribution in [3.8, 4) is 0 Å². The van der Waals surface area contributed by atoms with Crippen molar-refractivity contribution in [3.63, 3.8) is 0 Å². The molecule has 0 aromatic rings. The van der Waals surface area contributed by atoms with Gasteiger partial charge in [-0.3, -0.25) is 0 Å². The molecule has 0 spiro atoms. The lowest BCUT2D eigenvalue weighted by molar-refractivity contribution is -0.909. The Kier molecular flexibility index (Phi) is 4.23. The van der Waals surface area contributed by atoms with E-state index in [0.29, 0.717) is 0 Å². The smallest absolute Gasteiger partial charge is 0.103 e. The van der Waals surface area contributed by atoms with Crippen molar-refractivity contribution in [3.05, 3.63) is 12.2 Å². The van der Waals surface area contributed by atoms with Crippen molar-refractivity contribution in [2.75, 3.05) is 19.6 Å². The Hall–Kier alpha value is -0.380. The summed E-state index contributed by atoms with van der Waals surface area (Å²) in [5.74, 6) is 2.33. The van der Waals surface area contributed by atoms with Crippen LogP contribution >= 0.6 is 0 Å². The van der Waals surface area contributed by atoms with Gasteiger partial charge in [0, 0.05) is 5.92 Å². The van der Waals surface area contributed by atoms with Crippen molar-refractivity contribution < 1.29 is 15.1 Å². The highest BCUT2D eigenvalue weighted by Gasteiger charge is 2.37. The fraction of sp³-hybridized carbons (Fsp3) is 0.857. The standard InChI is InChI=1S/C14H25NO2/c1-10(16)7-15(8-11(2)17)9-14-6-12-3-4-13(14)5-12/h3-4,10-14,16-17H,5-9H2,1-2H3/p+1/t10-,11-,12+,13-,14+/m1/s1. The SMILES string of the molecule is C[C@@H](O)C[NH+](C[C@@H]1C[C@H]2C=C[C@@H]1C2)C[C@@H](C)O. The van der Waals surface area contributed by atoms with Gasteiger partial charge in [-0.1, -0.05) is 12.2 Å². The van der Waals surface area contributed by atoms with Crippen LogP contribution < -0.4 is 4.90 Å². The molecule has 0 aliphatic heterocycles. The Labute approximate surface area is 104 Å². The molecule has 0 unspecified atom stereocenters. The largest absolute Gasteiger partial charge is 0.388 e. The average molecular weight is 240 g/mol. The molecule has 3 heteroatoms. The Morgan fingerprint density at radius 3 is 2.18 bits per heavy atom. The minimum Gasteiger partial charge on any atom is -0.388 e. The predicted molar refractivity (Wildman–Crippen MR) is 67.8 cm³/mol. The maximum absolute atomic E-state index is 9.53. The monoisotopic (exact) mass is 240 g/mol. The van der Waals surface area contributed by atoms with Crippen molar-refractivity contribution in [1.82, 2.24) is 0 Å². The molecule has 2 bridgehead atoms. The molecule has 2 aliphatic rings. The van der Waals surface area contributed by atoms with Crippen LogP contribution in [0, 0.1) is 17.8 Å². The van der Waals surface area contributed by atoms with Crippen molar-refractivity contribution in [2.24, 2.45) is 17.8 Å². The number of nitrogens with one attached hydrogen (secondary N) is 1. The van der Waals surface area contributed by atoms with Gasteiger partial charge in [0.1, 0.15) is 25.3 Å². The zero-order valence-corrected chi connectivity index (χ0v) is 11.0. The number of aliphatic hydroxyl groups is 2. The lowest BCUT2D eigenvalue weighted by Crippen LogP contribution is -3.14. The topological polar surface area (TPSA) is 44.9 Å². The second-order valence-corrected chi connectivity index (χ2v) is 6.10. The maximum Gasteiger partial charge on any atom is 0.103 e. The highest BCUT2D eigenvalue weighted by molar-refractivity contribution is 5.09. The van der Waals surface area contributed by atoms with Crippen LogP contribution in [0.4, 0.5) is 0 Å². The van der Waals surface area contributed by atoms with Gasteiger partial charge in [0.15, 0.2) is 0 Å². The molecule has 5 atom stereocenters. The summed E-state index contributed by atoms with van der Waals surface area (Å²) in [7, 11) is 0. The van der Waals surface area contributed by atoms with Crippen LogP contribution in [0.1, 0.15) is 26.7 Å². The molecule has 1 saturated carbocycles. The first-order valence-electron chi connectivity index (χ1n) is 6.92. The number of aliphatic hydroxyl groups excluding tert-OH is 2. The molecule has 0 amide bonds. The molecular weight excluding hydrogens is 214 g/mol. The van der Waals surface area contributed by atoms with Gasteiger partial charge in [-0.05, 0) is 38.5 Å². The van der Waals surface area contributed by atoms with Crippen LogP contribution in [0.5, 0.6) is 0 Å². The molecule has 17 heavy (non-hydrogen) atoms. The molecule has 0 aromatic carbocycles. The molecule has 3 nitrogen and oxygen atoms in total. The number of hydrogen-bond acceptors (Lipinski definition) is 2. The van der Waals surface area contributed by atoms with E-state index in [9.17, 15) is 10.2 Å². The van der Waals surface area contributed by atoms with Crippen LogP contribution in [0.3, 0.4) is 0 Å². The van der Waals surface area contributed by atoms with Crippen LogP contribution in [-0.2, 0) is 0 Å². The quantitative estimate of drug-likeness (QED) is 0.565. The molecule has 0 heterocycles. The van der Waals surface area contributed by atoms with Crippen molar-refractivity contribution in [2.45, 2.75) is 38.9 Å². The maximum atomic E-state index is 9.53. The molecule has 2 rings (SSSR count). The van der Waals surface area contributed by atoms with E-state index < -0.39 is 0 Å². The fourth-order valence-electron chi connectivity index (χ4n) is 3.59. The molecule has 2 aliphatic carbocycles. The fourth-order valence-corrected chi connectivity index (χ4v) is 3.59. The van der Waals surface area contributed by atoms with E-state index in [2.05, 4.69) is 12.2 Å². The van der Waals surface area contributed by atoms with E-state index in [-0.39, 0.29) is 12.2 Å². The van der Waals surface area contributed by atoms with Gasteiger partial charge in [0.05, 0.1) is 6.54 Å². The molecule has 1 fully saturated rings. The first-order valence-corrected chi connectivity index (χ1v) is 6.92. The van der Waals surface area contributed by atoms with Gasteiger partial charge < -0.3 is 15.1 Å². The molecule has 0 radical (unpaired) electrons. The zero-order valence-electron chi connectivity index (χ0n) is 11.0. The van der Waals surface area contributed by atoms with E-state index in [4.69, 9.17) is 0 Å². The zero-order chi connectivity index (χ0) is 12.4. The van der Waals surface area contributed by atoms with E-state index in [1.54, 1.807) is 0 Å². The molecular formula is C14H26NO2+. The summed E-state index contributed by atoms with van der Waals surface area (Å²) in [6.45, 7) is 6.28. The van der Waals surface area contributed by atoms with Crippen molar-refractivity contribution >= 4 is 0 Å². The summed E-state index contributed by atoms with van der Waals surface area (Å²) in [5.41, 5.74) is 0. The third-order valence-corrected chi connectivity index (χ3v) is 4.14. The third-order valence-electron chi connectivity index (χ3n) is 4.14. The van der Waals surface area contributed by atoms with E-state index in [1.165, 1.54) is 17.7 Å². The van der Waals surface area contributed by atoms with Crippen molar-refractivity contribution in [1.29, 1.82) is 0 Å². The number of quaternary nitrogens is 1. The first kappa shape index (κ1) is 13.1.